The Morgan fingerprint density at radius 2 is 1.97 bits per heavy atom. The second kappa shape index (κ2) is 6.56. The lowest BCUT2D eigenvalue weighted by Crippen LogP contribution is -2.55. The first-order valence-corrected chi connectivity index (χ1v) is 9.91. The minimum absolute atomic E-state index is 0.0872. The van der Waals surface area contributed by atoms with E-state index < -0.39 is 5.91 Å². The van der Waals surface area contributed by atoms with E-state index in [9.17, 15) is 9.59 Å². The molecule has 1 spiro atoms. The zero-order valence-electron chi connectivity index (χ0n) is 15.5. The van der Waals surface area contributed by atoms with Crippen LogP contribution in [-0.4, -0.2) is 27.8 Å². The average Bonchev–Trinajstić information content (AvgIpc) is 3.04. The Labute approximate surface area is 171 Å². The molecule has 0 radical (unpaired) electrons. The molecule has 3 aromatic rings. The number of oxazole rings is 1. The normalized spacial score (nSPS) is 25.4. The van der Waals surface area contributed by atoms with Crippen LogP contribution in [0.3, 0.4) is 0 Å². The zero-order chi connectivity index (χ0) is 20.2. The Balaban J connectivity index is 1.17. The molecule has 2 fully saturated rings. The van der Waals surface area contributed by atoms with Gasteiger partial charge >= 0.3 is 0 Å². The van der Waals surface area contributed by atoms with Crippen LogP contribution in [0.2, 0.25) is 5.02 Å². The number of nitrogens with one attached hydrogen (secondary N) is 1. The maximum atomic E-state index is 12.4. The highest BCUT2D eigenvalue weighted by Crippen LogP contribution is 2.61. The summed E-state index contributed by atoms with van der Waals surface area (Å²) in [6, 6.07) is 8.60. The predicted octanol–water partition coefficient (Wildman–Crippen LogP) is 3.43. The molecule has 0 saturated heterocycles. The maximum Gasteiger partial charge on any atom is 0.267 e. The fourth-order valence-corrected chi connectivity index (χ4v) is 4.82. The van der Waals surface area contributed by atoms with Gasteiger partial charge in [0.15, 0.2) is 11.5 Å². The largest absolute Gasteiger partial charge is 0.440 e. The van der Waals surface area contributed by atoms with Crippen LogP contribution in [0, 0.1) is 5.41 Å². The highest BCUT2D eigenvalue weighted by Gasteiger charge is 2.54. The first-order valence-electron chi connectivity index (χ1n) is 9.54. The van der Waals surface area contributed by atoms with Crippen molar-refractivity contribution in [2.24, 2.45) is 11.1 Å². The van der Waals surface area contributed by atoms with Crippen LogP contribution in [0.15, 0.2) is 40.9 Å². The number of fused-ring (bicyclic) bond motifs is 1. The molecule has 0 unspecified atom stereocenters. The molecule has 29 heavy (non-hydrogen) atoms. The summed E-state index contributed by atoms with van der Waals surface area (Å²) in [4.78, 5) is 32.1. The maximum absolute atomic E-state index is 12.4. The fourth-order valence-electron chi connectivity index (χ4n) is 4.65. The molecule has 2 saturated carbocycles. The van der Waals surface area contributed by atoms with E-state index in [1.165, 1.54) is 12.3 Å². The van der Waals surface area contributed by atoms with Crippen molar-refractivity contribution in [1.29, 1.82) is 0 Å². The van der Waals surface area contributed by atoms with Crippen molar-refractivity contribution in [2.75, 3.05) is 0 Å². The van der Waals surface area contributed by atoms with Gasteiger partial charge in [0.2, 0.25) is 0 Å². The Bertz CT molecular complexity index is 1130. The number of nitrogens with two attached hydrogens (primary N) is 1. The number of primary amides is 1. The van der Waals surface area contributed by atoms with Crippen molar-refractivity contribution >= 4 is 34.5 Å². The van der Waals surface area contributed by atoms with E-state index in [0.717, 1.165) is 42.7 Å². The number of hydrogen-bond acceptors (Lipinski definition) is 5. The summed E-state index contributed by atoms with van der Waals surface area (Å²) in [7, 11) is 0. The van der Waals surface area contributed by atoms with Gasteiger partial charge in [0, 0.05) is 28.7 Å². The van der Waals surface area contributed by atoms with Crippen LogP contribution in [0.25, 0.3) is 11.1 Å². The molecule has 2 aliphatic carbocycles. The third kappa shape index (κ3) is 3.25. The van der Waals surface area contributed by atoms with Crippen LogP contribution in [0.5, 0.6) is 0 Å². The van der Waals surface area contributed by atoms with Gasteiger partial charge in [-0.15, -0.1) is 0 Å². The molecule has 0 aliphatic heterocycles. The van der Waals surface area contributed by atoms with Crippen LogP contribution in [0.4, 0.5) is 0 Å². The molecule has 0 bridgehead atoms. The van der Waals surface area contributed by atoms with Crippen molar-refractivity contribution in [3.63, 3.8) is 0 Å². The molecule has 3 N–H and O–H groups in total. The van der Waals surface area contributed by atoms with Gasteiger partial charge in [-0.05, 0) is 61.4 Å². The Morgan fingerprint density at radius 3 is 2.72 bits per heavy atom. The number of rotatable bonds is 4. The van der Waals surface area contributed by atoms with Crippen LogP contribution in [-0.2, 0) is 0 Å². The van der Waals surface area contributed by atoms with Crippen molar-refractivity contribution in [2.45, 2.75) is 37.6 Å². The van der Waals surface area contributed by atoms with E-state index in [2.05, 4.69) is 15.3 Å². The average molecular weight is 411 g/mol. The van der Waals surface area contributed by atoms with E-state index >= 15 is 0 Å². The second-order valence-corrected chi connectivity index (χ2v) is 8.58. The molecule has 8 heteroatoms. The van der Waals surface area contributed by atoms with Gasteiger partial charge in [-0.2, -0.15) is 0 Å². The molecule has 148 valence electrons. The number of aromatic nitrogens is 2. The Kier molecular flexibility index (Phi) is 4.10. The molecule has 7 nitrogen and oxygen atoms in total. The predicted molar refractivity (Wildman–Crippen MR) is 107 cm³/mol. The first kappa shape index (κ1) is 18.1. The SMILES string of the molecule is NC(=O)c1cc(C(=O)NC2CC3(C2)CC(c2nc4cc(Cl)ccc4o2)C3)ccn1. The minimum atomic E-state index is -0.649. The van der Waals surface area contributed by atoms with E-state index in [-0.39, 0.29) is 23.1 Å². The highest BCUT2D eigenvalue weighted by atomic mass is 35.5. The third-order valence-corrected chi connectivity index (χ3v) is 6.28. The van der Waals surface area contributed by atoms with Gasteiger partial charge < -0.3 is 15.5 Å². The number of carbonyl (C=O) groups excluding carboxylic acids is 2. The summed E-state index contributed by atoms with van der Waals surface area (Å²) in [5, 5.41) is 3.68. The number of hydrogen-bond donors (Lipinski definition) is 2. The van der Waals surface area contributed by atoms with Gasteiger partial charge in [-0.1, -0.05) is 11.6 Å². The van der Waals surface area contributed by atoms with Crippen molar-refractivity contribution in [1.82, 2.24) is 15.3 Å². The Hall–Kier alpha value is -2.93. The number of benzene rings is 1. The zero-order valence-corrected chi connectivity index (χ0v) is 16.3. The molecule has 5 rings (SSSR count). The number of amides is 2. The van der Waals surface area contributed by atoms with Crippen molar-refractivity contribution in [3.05, 3.63) is 58.7 Å². The summed E-state index contributed by atoms with van der Waals surface area (Å²) < 4.78 is 5.89. The van der Waals surface area contributed by atoms with Crippen LogP contribution < -0.4 is 11.1 Å². The van der Waals surface area contributed by atoms with Gasteiger partial charge in [-0.25, -0.2) is 4.98 Å². The quantitative estimate of drug-likeness (QED) is 0.684. The van der Waals surface area contributed by atoms with Gasteiger partial charge in [0.05, 0.1) is 0 Å². The highest BCUT2D eigenvalue weighted by molar-refractivity contribution is 6.31. The number of halogens is 1. The fraction of sp³-hybridized carbons (Fsp3) is 0.333. The first-order chi connectivity index (χ1) is 13.9. The molecule has 1 aromatic carbocycles. The summed E-state index contributed by atoms with van der Waals surface area (Å²) >= 11 is 6.02. The number of carbonyl (C=O) groups is 2. The smallest absolute Gasteiger partial charge is 0.267 e. The summed E-state index contributed by atoms with van der Waals surface area (Å²) in [5.41, 5.74) is 7.52. The lowest BCUT2D eigenvalue weighted by Gasteiger charge is -2.57. The molecular formula is C21H19ClN4O3. The second-order valence-electron chi connectivity index (χ2n) is 8.14. The van der Waals surface area contributed by atoms with E-state index in [0.29, 0.717) is 16.5 Å². The summed E-state index contributed by atoms with van der Waals surface area (Å²) in [6.07, 6.45) is 5.33. The van der Waals surface area contributed by atoms with E-state index in [1.807, 2.05) is 12.1 Å². The molecule has 2 aromatic heterocycles. The molecule has 0 atom stereocenters. The number of pyridine rings is 1. The Morgan fingerprint density at radius 1 is 1.17 bits per heavy atom. The molecule has 2 aliphatic rings. The monoisotopic (exact) mass is 410 g/mol. The van der Waals surface area contributed by atoms with Crippen molar-refractivity contribution in [3.8, 4) is 0 Å². The number of nitrogens with zero attached hydrogens (tertiary/aromatic N) is 2. The van der Waals surface area contributed by atoms with Crippen molar-refractivity contribution < 1.29 is 14.0 Å². The topological polar surface area (TPSA) is 111 Å². The standard InChI is InChI=1S/C21H19ClN4O3/c22-13-1-2-17-15(6-13)26-20(29-17)12-7-21(8-12)9-14(10-21)25-19(28)11-3-4-24-16(5-11)18(23)27/h1-6,12,14H,7-10H2,(H2,23,27)(H,25,28). The minimum Gasteiger partial charge on any atom is -0.440 e. The van der Waals surface area contributed by atoms with E-state index in [1.54, 1.807) is 12.1 Å². The molecule has 2 amide bonds. The van der Waals surface area contributed by atoms with Gasteiger partial charge in [-0.3, -0.25) is 14.6 Å². The molecular weight excluding hydrogens is 392 g/mol. The third-order valence-electron chi connectivity index (χ3n) is 6.04. The van der Waals surface area contributed by atoms with Gasteiger partial charge in [0.25, 0.3) is 11.8 Å². The van der Waals surface area contributed by atoms with Crippen LogP contribution in [0.1, 0.15) is 58.3 Å². The van der Waals surface area contributed by atoms with E-state index in [4.69, 9.17) is 21.8 Å². The van der Waals surface area contributed by atoms with Gasteiger partial charge in [0.1, 0.15) is 11.2 Å². The lowest BCUT2D eigenvalue weighted by molar-refractivity contribution is -0.0253. The lowest BCUT2D eigenvalue weighted by atomic mass is 9.50. The summed E-state index contributed by atoms with van der Waals surface area (Å²) in [5.74, 6) is 0.234. The van der Waals surface area contributed by atoms with Crippen LogP contribution >= 0.6 is 11.6 Å². The molecule has 2 heterocycles. The summed E-state index contributed by atoms with van der Waals surface area (Å²) in [6.45, 7) is 0.